The largest absolute Gasteiger partial charge is 0.0794 e. The first-order chi connectivity index (χ1) is 8.27. The van der Waals surface area contributed by atoms with Gasteiger partial charge in [0.05, 0.1) is 0 Å². The van der Waals surface area contributed by atoms with Gasteiger partial charge < -0.3 is 0 Å². The highest BCUT2D eigenvalue weighted by molar-refractivity contribution is 9.10. The predicted molar refractivity (Wildman–Crippen MR) is 77.1 cm³/mol. The Hall–Kier alpha value is -1.34. The van der Waals surface area contributed by atoms with Crippen LogP contribution in [0.25, 0.3) is 17.2 Å². The summed E-state index contributed by atoms with van der Waals surface area (Å²) in [5.74, 6) is 0. The second-order valence-electron chi connectivity index (χ2n) is 4.42. The van der Waals surface area contributed by atoms with Crippen molar-refractivity contribution < 1.29 is 0 Å². The number of rotatable bonds is 1. The molecule has 1 aliphatic carbocycles. The van der Waals surface area contributed by atoms with Crippen LogP contribution in [0, 0.1) is 6.92 Å². The van der Waals surface area contributed by atoms with Gasteiger partial charge in [-0.25, -0.2) is 0 Å². The molecule has 0 unspecified atom stereocenters. The average molecular weight is 285 g/mol. The SMILES string of the molecule is Cc1cc(Br)c2c(c1-c1ccccc1)C=CC2. The molecule has 0 atom stereocenters. The molecule has 2 aromatic rings. The van der Waals surface area contributed by atoms with E-state index in [9.17, 15) is 0 Å². The summed E-state index contributed by atoms with van der Waals surface area (Å²) in [6, 6.07) is 12.9. The van der Waals surface area contributed by atoms with Crippen molar-refractivity contribution in [3.8, 4) is 11.1 Å². The Bertz CT molecular complexity index is 595. The Labute approximate surface area is 110 Å². The van der Waals surface area contributed by atoms with E-state index in [0.717, 1.165) is 6.42 Å². The molecular formula is C16H13Br. The summed E-state index contributed by atoms with van der Waals surface area (Å²) < 4.78 is 1.23. The third-order valence-corrected chi connectivity index (χ3v) is 4.00. The van der Waals surface area contributed by atoms with E-state index in [1.54, 1.807) is 0 Å². The minimum atomic E-state index is 1.04. The number of hydrogen-bond donors (Lipinski definition) is 0. The Morgan fingerprint density at radius 2 is 1.88 bits per heavy atom. The number of fused-ring (bicyclic) bond motifs is 1. The minimum Gasteiger partial charge on any atom is -0.0794 e. The fourth-order valence-electron chi connectivity index (χ4n) is 2.52. The molecule has 0 spiro atoms. The van der Waals surface area contributed by atoms with Gasteiger partial charge in [-0.2, -0.15) is 0 Å². The molecule has 0 saturated carbocycles. The second kappa shape index (κ2) is 4.15. The van der Waals surface area contributed by atoms with Gasteiger partial charge in [-0.05, 0) is 47.2 Å². The lowest BCUT2D eigenvalue weighted by atomic mass is 9.93. The maximum absolute atomic E-state index is 3.66. The van der Waals surface area contributed by atoms with E-state index in [4.69, 9.17) is 0 Å². The third kappa shape index (κ3) is 1.75. The number of halogens is 1. The van der Waals surface area contributed by atoms with Gasteiger partial charge in [0.25, 0.3) is 0 Å². The Kier molecular flexibility index (Phi) is 2.64. The van der Waals surface area contributed by atoms with E-state index in [2.05, 4.69) is 71.4 Å². The first-order valence-corrected chi connectivity index (χ1v) is 6.60. The number of aryl methyl sites for hydroxylation is 1. The molecule has 3 rings (SSSR count). The lowest BCUT2D eigenvalue weighted by Gasteiger charge is -2.13. The molecule has 0 nitrogen and oxygen atoms in total. The molecule has 1 heteroatoms. The van der Waals surface area contributed by atoms with E-state index in [1.807, 2.05) is 0 Å². The maximum atomic E-state index is 3.66. The molecule has 0 aromatic heterocycles. The van der Waals surface area contributed by atoms with Crippen LogP contribution >= 0.6 is 15.9 Å². The van der Waals surface area contributed by atoms with E-state index in [-0.39, 0.29) is 0 Å². The van der Waals surface area contributed by atoms with Crippen LogP contribution in [0.3, 0.4) is 0 Å². The Morgan fingerprint density at radius 1 is 1.12 bits per heavy atom. The predicted octanol–water partition coefficient (Wildman–Crippen LogP) is 4.99. The molecule has 0 aliphatic heterocycles. The van der Waals surface area contributed by atoms with Gasteiger partial charge in [0.1, 0.15) is 0 Å². The molecule has 0 N–H and O–H groups in total. The van der Waals surface area contributed by atoms with Gasteiger partial charge in [-0.3, -0.25) is 0 Å². The summed E-state index contributed by atoms with van der Waals surface area (Å²) in [6.07, 6.45) is 5.52. The van der Waals surface area contributed by atoms with Crippen molar-refractivity contribution in [3.05, 3.63) is 63.6 Å². The van der Waals surface area contributed by atoms with Gasteiger partial charge in [-0.15, -0.1) is 0 Å². The molecule has 0 fully saturated rings. The van der Waals surface area contributed by atoms with Crippen molar-refractivity contribution in [3.63, 3.8) is 0 Å². The van der Waals surface area contributed by atoms with Gasteiger partial charge in [0.15, 0.2) is 0 Å². The summed E-state index contributed by atoms with van der Waals surface area (Å²) in [5, 5.41) is 0. The normalized spacial score (nSPS) is 12.8. The van der Waals surface area contributed by atoms with E-state index in [1.165, 1.54) is 32.3 Å². The zero-order chi connectivity index (χ0) is 11.8. The molecule has 0 amide bonds. The van der Waals surface area contributed by atoms with E-state index in [0.29, 0.717) is 0 Å². The fraction of sp³-hybridized carbons (Fsp3) is 0.125. The number of allylic oxidation sites excluding steroid dienone is 1. The third-order valence-electron chi connectivity index (χ3n) is 3.29. The van der Waals surface area contributed by atoms with E-state index >= 15 is 0 Å². The molecule has 17 heavy (non-hydrogen) atoms. The maximum Gasteiger partial charge on any atom is 0.0219 e. The van der Waals surface area contributed by atoms with Crippen molar-refractivity contribution in [1.29, 1.82) is 0 Å². The minimum absolute atomic E-state index is 1.04. The molecule has 0 bridgehead atoms. The van der Waals surface area contributed by atoms with Crippen LogP contribution in [0.4, 0.5) is 0 Å². The molecule has 1 aliphatic rings. The zero-order valence-corrected chi connectivity index (χ0v) is 11.3. The van der Waals surface area contributed by atoms with Crippen LogP contribution in [0.2, 0.25) is 0 Å². The van der Waals surface area contributed by atoms with Crippen LogP contribution in [0.5, 0.6) is 0 Å². The van der Waals surface area contributed by atoms with Crippen molar-refractivity contribution in [2.45, 2.75) is 13.3 Å². The summed E-state index contributed by atoms with van der Waals surface area (Å²) in [7, 11) is 0. The summed E-state index contributed by atoms with van der Waals surface area (Å²) >= 11 is 3.66. The highest BCUT2D eigenvalue weighted by Gasteiger charge is 2.16. The van der Waals surface area contributed by atoms with Crippen LogP contribution in [-0.2, 0) is 6.42 Å². The monoisotopic (exact) mass is 284 g/mol. The highest BCUT2D eigenvalue weighted by atomic mass is 79.9. The van der Waals surface area contributed by atoms with Gasteiger partial charge in [0.2, 0.25) is 0 Å². The number of benzene rings is 2. The van der Waals surface area contributed by atoms with Crippen molar-refractivity contribution in [2.75, 3.05) is 0 Å². The topological polar surface area (TPSA) is 0 Å². The van der Waals surface area contributed by atoms with Crippen LogP contribution < -0.4 is 0 Å². The lowest BCUT2D eigenvalue weighted by Crippen LogP contribution is -1.93. The second-order valence-corrected chi connectivity index (χ2v) is 5.27. The van der Waals surface area contributed by atoms with Crippen LogP contribution in [-0.4, -0.2) is 0 Å². The zero-order valence-electron chi connectivity index (χ0n) is 9.70. The van der Waals surface area contributed by atoms with Crippen molar-refractivity contribution in [2.24, 2.45) is 0 Å². The summed E-state index contributed by atoms with van der Waals surface area (Å²) in [6.45, 7) is 2.18. The van der Waals surface area contributed by atoms with E-state index < -0.39 is 0 Å². The van der Waals surface area contributed by atoms with Gasteiger partial charge in [0, 0.05) is 4.47 Å². The Morgan fingerprint density at radius 3 is 2.65 bits per heavy atom. The van der Waals surface area contributed by atoms with Crippen molar-refractivity contribution >= 4 is 22.0 Å². The molecular weight excluding hydrogens is 272 g/mol. The first-order valence-electron chi connectivity index (χ1n) is 5.81. The highest BCUT2D eigenvalue weighted by Crippen LogP contribution is 2.38. The first kappa shape index (κ1) is 10.8. The smallest absolute Gasteiger partial charge is 0.0219 e. The fourth-order valence-corrected chi connectivity index (χ4v) is 3.23. The van der Waals surface area contributed by atoms with Gasteiger partial charge in [-0.1, -0.05) is 58.4 Å². The average Bonchev–Trinajstić information content (AvgIpc) is 2.79. The summed E-state index contributed by atoms with van der Waals surface area (Å²) in [4.78, 5) is 0. The standard InChI is InChI=1S/C16H13Br/c1-11-10-15(17)13-8-5-9-14(13)16(11)12-6-3-2-4-7-12/h2-7,9-10H,8H2,1H3. The lowest BCUT2D eigenvalue weighted by molar-refractivity contribution is 1.27. The van der Waals surface area contributed by atoms with Crippen molar-refractivity contribution in [1.82, 2.24) is 0 Å². The Balaban J connectivity index is 2.31. The molecule has 0 heterocycles. The number of hydrogen-bond acceptors (Lipinski definition) is 0. The van der Waals surface area contributed by atoms with Gasteiger partial charge >= 0.3 is 0 Å². The molecule has 0 radical (unpaired) electrons. The van der Waals surface area contributed by atoms with Crippen LogP contribution in [0.15, 0.2) is 46.9 Å². The summed E-state index contributed by atoms with van der Waals surface area (Å²) in [5.41, 5.74) is 6.80. The van der Waals surface area contributed by atoms with Crippen LogP contribution in [0.1, 0.15) is 16.7 Å². The molecule has 0 saturated heterocycles. The molecule has 84 valence electrons. The molecule has 2 aromatic carbocycles. The quantitative estimate of drug-likeness (QED) is 0.692.